The number of amides is 1. The molecule has 4 N–H and O–H groups in total. The summed E-state index contributed by atoms with van der Waals surface area (Å²) >= 11 is 0. The number of hydrogen-bond donors (Lipinski definition) is 3. The molecule has 0 aliphatic carbocycles. The Balaban J connectivity index is 1.77. The lowest BCUT2D eigenvalue weighted by Gasteiger charge is -2.41. The minimum atomic E-state index is -0.908. The van der Waals surface area contributed by atoms with E-state index in [1.807, 2.05) is 13.0 Å². The number of aliphatic carboxylic acids is 1. The third-order valence-electron chi connectivity index (χ3n) is 4.58. The standard InChI is InChI=1S/C14H19N5O3/c1-8-6-10(17-13(15)16-8)19-4-2-14(3-5-19)9(12(21)22)7-11(20)18-14/h6,9H,2-5,7H2,1H3,(H,18,20)(H,21,22)(H2,15,16,17)/t9-/m0/s1. The molecule has 3 heterocycles. The van der Waals surface area contributed by atoms with Crippen molar-refractivity contribution in [3.63, 3.8) is 0 Å². The fourth-order valence-electron chi connectivity index (χ4n) is 3.46. The predicted molar refractivity (Wildman–Crippen MR) is 79.2 cm³/mol. The number of anilines is 2. The van der Waals surface area contributed by atoms with Crippen LogP contribution in [0.25, 0.3) is 0 Å². The van der Waals surface area contributed by atoms with Crippen LogP contribution in [0.1, 0.15) is 25.0 Å². The molecule has 118 valence electrons. The lowest BCUT2D eigenvalue weighted by molar-refractivity contribution is -0.144. The molecule has 1 aromatic heterocycles. The number of aromatic nitrogens is 2. The van der Waals surface area contributed by atoms with Gasteiger partial charge in [0.2, 0.25) is 11.9 Å². The van der Waals surface area contributed by atoms with Crippen LogP contribution in [-0.4, -0.2) is 45.6 Å². The zero-order valence-electron chi connectivity index (χ0n) is 12.4. The number of piperidine rings is 1. The number of rotatable bonds is 2. The van der Waals surface area contributed by atoms with Gasteiger partial charge in [-0.15, -0.1) is 0 Å². The lowest BCUT2D eigenvalue weighted by atomic mass is 9.78. The van der Waals surface area contributed by atoms with Crippen molar-refractivity contribution in [2.75, 3.05) is 23.7 Å². The molecular weight excluding hydrogens is 286 g/mol. The number of carboxylic acids is 1. The lowest BCUT2D eigenvalue weighted by Crippen LogP contribution is -2.55. The Morgan fingerprint density at radius 2 is 2.14 bits per heavy atom. The molecule has 1 spiro atoms. The van der Waals surface area contributed by atoms with Gasteiger partial charge in [0.15, 0.2) is 0 Å². The molecule has 0 unspecified atom stereocenters. The normalized spacial score (nSPS) is 23.6. The highest BCUT2D eigenvalue weighted by molar-refractivity contribution is 5.88. The minimum absolute atomic E-state index is 0.0644. The molecule has 0 radical (unpaired) electrons. The van der Waals surface area contributed by atoms with Gasteiger partial charge in [-0.2, -0.15) is 4.98 Å². The first-order valence-corrected chi connectivity index (χ1v) is 7.29. The first-order valence-electron chi connectivity index (χ1n) is 7.29. The summed E-state index contributed by atoms with van der Waals surface area (Å²) in [6, 6.07) is 1.86. The summed E-state index contributed by atoms with van der Waals surface area (Å²) in [6.07, 6.45) is 1.23. The molecule has 2 aliphatic rings. The molecule has 2 saturated heterocycles. The van der Waals surface area contributed by atoms with Gasteiger partial charge in [-0.05, 0) is 19.8 Å². The molecule has 3 rings (SSSR count). The number of nitrogens with two attached hydrogens (primary N) is 1. The zero-order valence-corrected chi connectivity index (χ0v) is 12.4. The fraction of sp³-hybridized carbons (Fsp3) is 0.571. The van der Waals surface area contributed by atoms with E-state index in [1.165, 1.54) is 0 Å². The average molecular weight is 305 g/mol. The number of carbonyl (C=O) groups is 2. The highest BCUT2D eigenvalue weighted by Gasteiger charge is 2.51. The van der Waals surface area contributed by atoms with Crippen LogP contribution in [0.4, 0.5) is 11.8 Å². The van der Waals surface area contributed by atoms with Crippen LogP contribution in [0.5, 0.6) is 0 Å². The first kappa shape index (κ1) is 14.6. The molecule has 1 amide bonds. The summed E-state index contributed by atoms with van der Waals surface area (Å²) in [4.78, 5) is 33.4. The highest BCUT2D eigenvalue weighted by Crippen LogP contribution is 2.37. The van der Waals surface area contributed by atoms with Crippen molar-refractivity contribution in [2.24, 2.45) is 5.92 Å². The van der Waals surface area contributed by atoms with Gasteiger partial charge in [-0.1, -0.05) is 0 Å². The minimum Gasteiger partial charge on any atom is -0.481 e. The van der Waals surface area contributed by atoms with Gasteiger partial charge in [0, 0.05) is 31.3 Å². The van der Waals surface area contributed by atoms with E-state index >= 15 is 0 Å². The van der Waals surface area contributed by atoms with E-state index in [0.717, 1.165) is 11.5 Å². The maximum absolute atomic E-state index is 11.6. The number of aryl methyl sites for hydroxylation is 1. The van der Waals surface area contributed by atoms with Crippen molar-refractivity contribution in [2.45, 2.75) is 31.7 Å². The SMILES string of the molecule is Cc1cc(N2CCC3(CC2)NC(=O)C[C@H]3C(=O)O)nc(N)n1. The predicted octanol–water partition coefficient (Wildman–Crippen LogP) is -0.0731. The summed E-state index contributed by atoms with van der Waals surface area (Å²) in [7, 11) is 0. The Labute approximate surface area is 127 Å². The van der Waals surface area contributed by atoms with Gasteiger partial charge in [0.1, 0.15) is 5.82 Å². The monoisotopic (exact) mass is 305 g/mol. The van der Waals surface area contributed by atoms with Crippen LogP contribution in [0.2, 0.25) is 0 Å². The van der Waals surface area contributed by atoms with Crippen LogP contribution >= 0.6 is 0 Å². The van der Waals surface area contributed by atoms with E-state index < -0.39 is 17.4 Å². The first-order chi connectivity index (χ1) is 10.4. The molecule has 8 heteroatoms. The number of nitrogen functional groups attached to an aromatic ring is 1. The Morgan fingerprint density at radius 1 is 1.45 bits per heavy atom. The smallest absolute Gasteiger partial charge is 0.309 e. The third-order valence-corrected chi connectivity index (χ3v) is 4.58. The highest BCUT2D eigenvalue weighted by atomic mass is 16.4. The number of nitrogens with zero attached hydrogens (tertiary/aromatic N) is 3. The zero-order chi connectivity index (χ0) is 15.9. The van der Waals surface area contributed by atoms with E-state index in [4.69, 9.17) is 5.73 Å². The summed E-state index contributed by atoms with van der Waals surface area (Å²) in [6.45, 7) is 3.10. The molecule has 0 saturated carbocycles. The second kappa shape index (κ2) is 5.11. The van der Waals surface area contributed by atoms with E-state index in [1.54, 1.807) is 0 Å². The Morgan fingerprint density at radius 3 is 2.73 bits per heavy atom. The van der Waals surface area contributed by atoms with Crippen LogP contribution in [0.15, 0.2) is 6.07 Å². The third kappa shape index (κ3) is 2.44. The van der Waals surface area contributed by atoms with Gasteiger partial charge < -0.3 is 21.1 Å². The quantitative estimate of drug-likeness (QED) is 0.699. The van der Waals surface area contributed by atoms with Gasteiger partial charge in [-0.25, -0.2) is 4.98 Å². The van der Waals surface area contributed by atoms with Gasteiger partial charge in [-0.3, -0.25) is 9.59 Å². The van der Waals surface area contributed by atoms with Crippen molar-refractivity contribution in [1.29, 1.82) is 0 Å². The molecule has 2 fully saturated rings. The molecule has 1 aromatic rings. The Hall–Kier alpha value is -2.38. The van der Waals surface area contributed by atoms with Gasteiger partial charge >= 0.3 is 5.97 Å². The fourth-order valence-corrected chi connectivity index (χ4v) is 3.46. The molecule has 1 atom stereocenters. The van der Waals surface area contributed by atoms with Crippen LogP contribution < -0.4 is 16.0 Å². The Bertz CT molecular complexity index is 605. The topological polar surface area (TPSA) is 121 Å². The second-order valence-corrected chi connectivity index (χ2v) is 6.01. The van der Waals surface area contributed by atoms with E-state index in [-0.39, 0.29) is 18.3 Å². The van der Waals surface area contributed by atoms with Crippen molar-refractivity contribution >= 4 is 23.6 Å². The summed E-state index contributed by atoms with van der Waals surface area (Å²) in [5.41, 5.74) is 5.84. The molecular formula is C14H19N5O3. The summed E-state index contributed by atoms with van der Waals surface area (Å²) in [5, 5.41) is 12.3. The second-order valence-electron chi connectivity index (χ2n) is 6.01. The molecule has 22 heavy (non-hydrogen) atoms. The van der Waals surface area contributed by atoms with E-state index in [9.17, 15) is 14.7 Å². The molecule has 0 bridgehead atoms. The maximum atomic E-state index is 11.6. The van der Waals surface area contributed by atoms with Crippen LogP contribution in [0.3, 0.4) is 0 Å². The molecule has 8 nitrogen and oxygen atoms in total. The van der Waals surface area contributed by atoms with E-state index in [2.05, 4.69) is 20.2 Å². The average Bonchev–Trinajstić information content (AvgIpc) is 2.75. The van der Waals surface area contributed by atoms with Crippen molar-refractivity contribution in [3.8, 4) is 0 Å². The number of nitrogens with one attached hydrogen (secondary N) is 1. The number of hydrogen-bond acceptors (Lipinski definition) is 6. The summed E-state index contributed by atoms with van der Waals surface area (Å²) < 4.78 is 0. The Kier molecular flexibility index (Phi) is 3.38. The van der Waals surface area contributed by atoms with Crippen molar-refractivity contribution in [1.82, 2.24) is 15.3 Å². The van der Waals surface area contributed by atoms with Crippen LogP contribution in [0, 0.1) is 12.8 Å². The maximum Gasteiger partial charge on any atom is 0.309 e. The largest absolute Gasteiger partial charge is 0.481 e. The van der Waals surface area contributed by atoms with Crippen molar-refractivity contribution in [3.05, 3.63) is 11.8 Å². The summed E-state index contributed by atoms with van der Waals surface area (Å²) in [5.74, 6) is -0.764. The van der Waals surface area contributed by atoms with Crippen molar-refractivity contribution < 1.29 is 14.7 Å². The van der Waals surface area contributed by atoms with Gasteiger partial charge in [0.25, 0.3) is 0 Å². The number of carboxylic acid groups (broad SMARTS) is 1. The van der Waals surface area contributed by atoms with Gasteiger partial charge in [0.05, 0.1) is 11.5 Å². The number of carbonyl (C=O) groups excluding carboxylic acids is 1. The van der Waals surface area contributed by atoms with E-state index in [0.29, 0.717) is 25.9 Å². The van der Waals surface area contributed by atoms with Crippen LogP contribution in [-0.2, 0) is 9.59 Å². The molecule has 0 aromatic carbocycles. The molecule has 2 aliphatic heterocycles.